The van der Waals surface area contributed by atoms with Gasteiger partial charge in [-0.1, -0.05) is 61.2 Å². The van der Waals surface area contributed by atoms with Gasteiger partial charge in [-0.15, -0.1) is 0 Å². The van der Waals surface area contributed by atoms with E-state index in [-0.39, 0.29) is 5.78 Å². The Hall–Kier alpha value is -2.43. The van der Waals surface area contributed by atoms with E-state index in [0.29, 0.717) is 36.5 Å². The molecule has 1 aliphatic heterocycles. The zero-order valence-electron chi connectivity index (χ0n) is 16.9. The van der Waals surface area contributed by atoms with Crippen molar-refractivity contribution >= 4 is 28.2 Å². The molecule has 2 aliphatic rings. The fraction of sp³-hybridized carbons (Fsp3) is 0.360. The topological polar surface area (TPSA) is 42.4 Å². The molecule has 1 fully saturated rings. The molecule has 0 atom stereocenters. The van der Waals surface area contributed by atoms with Crippen LogP contribution in [0.1, 0.15) is 53.6 Å². The fourth-order valence-corrected chi connectivity index (χ4v) is 4.92. The van der Waals surface area contributed by atoms with Crippen LogP contribution in [-0.2, 0) is 6.42 Å². The van der Waals surface area contributed by atoms with Gasteiger partial charge in [0.2, 0.25) is 0 Å². The van der Waals surface area contributed by atoms with Crippen LogP contribution in [0.4, 0.5) is 0 Å². The fourth-order valence-electron chi connectivity index (χ4n) is 4.81. The largest absolute Gasteiger partial charge is 0.477 e. The summed E-state index contributed by atoms with van der Waals surface area (Å²) in [5, 5.41) is 2.60. The third-order valence-corrected chi connectivity index (χ3v) is 6.60. The third kappa shape index (κ3) is 3.82. The summed E-state index contributed by atoms with van der Waals surface area (Å²) >= 11 is 5.94. The Kier molecular flexibility index (Phi) is 5.45. The van der Waals surface area contributed by atoms with Gasteiger partial charge in [-0.3, -0.25) is 9.69 Å². The number of ketones is 1. The Morgan fingerprint density at radius 3 is 2.63 bits per heavy atom. The predicted octanol–water partition coefficient (Wildman–Crippen LogP) is 5.65. The SMILES string of the molecule is O=C1CN(C2CCCCC2)COc2c1cc(Cc1ccc(Cl)nc1)c1ccccc21. The summed E-state index contributed by atoms with van der Waals surface area (Å²) in [6.45, 7) is 0.909. The smallest absolute Gasteiger partial charge is 0.180 e. The lowest BCUT2D eigenvalue weighted by molar-refractivity contribution is 0.0640. The van der Waals surface area contributed by atoms with Crippen LogP contribution in [0.15, 0.2) is 48.7 Å². The van der Waals surface area contributed by atoms with Crippen LogP contribution < -0.4 is 4.74 Å². The van der Waals surface area contributed by atoms with Crippen LogP contribution in [0.25, 0.3) is 10.8 Å². The summed E-state index contributed by atoms with van der Waals surface area (Å²) in [7, 11) is 0. The number of aromatic nitrogens is 1. The van der Waals surface area contributed by atoms with Crippen molar-refractivity contribution in [2.45, 2.75) is 44.6 Å². The van der Waals surface area contributed by atoms with E-state index in [0.717, 1.165) is 40.5 Å². The van der Waals surface area contributed by atoms with Crippen molar-refractivity contribution in [1.29, 1.82) is 0 Å². The maximum Gasteiger partial charge on any atom is 0.180 e. The number of halogens is 1. The Morgan fingerprint density at radius 2 is 1.87 bits per heavy atom. The van der Waals surface area contributed by atoms with Gasteiger partial charge in [0, 0.05) is 17.6 Å². The van der Waals surface area contributed by atoms with E-state index in [1.165, 1.54) is 19.3 Å². The molecule has 0 spiro atoms. The number of carbonyl (C=O) groups excluding carboxylic acids is 1. The minimum Gasteiger partial charge on any atom is -0.477 e. The van der Waals surface area contributed by atoms with Gasteiger partial charge < -0.3 is 4.74 Å². The Balaban J connectivity index is 1.53. The van der Waals surface area contributed by atoms with Crippen LogP contribution in [0.2, 0.25) is 5.15 Å². The van der Waals surface area contributed by atoms with Gasteiger partial charge in [-0.05, 0) is 47.9 Å². The average Bonchev–Trinajstić information content (AvgIpc) is 2.95. The van der Waals surface area contributed by atoms with Gasteiger partial charge >= 0.3 is 0 Å². The lowest BCUT2D eigenvalue weighted by Gasteiger charge is -2.32. The van der Waals surface area contributed by atoms with Gasteiger partial charge in [0.1, 0.15) is 17.6 Å². The molecule has 1 saturated carbocycles. The molecule has 1 aromatic heterocycles. The Bertz CT molecular complexity index is 1070. The summed E-state index contributed by atoms with van der Waals surface area (Å²) in [5.41, 5.74) is 2.87. The number of nitrogens with zero attached hydrogens (tertiary/aromatic N) is 2. The van der Waals surface area contributed by atoms with E-state index in [4.69, 9.17) is 16.3 Å². The van der Waals surface area contributed by atoms with Crippen LogP contribution >= 0.6 is 11.6 Å². The van der Waals surface area contributed by atoms with Crippen molar-refractivity contribution in [3.63, 3.8) is 0 Å². The highest BCUT2D eigenvalue weighted by Crippen LogP contribution is 2.36. The number of rotatable bonds is 3. The van der Waals surface area contributed by atoms with Gasteiger partial charge in [-0.2, -0.15) is 0 Å². The van der Waals surface area contributed by atoms with Gasteiger partial charge in [-0.25, -0.2) is 4.98 Å². The van der Waals surface area contributed by atoms with Crippen molar-refractivity contribution in [3.05, 3.63) is 70.5 Å². The zero-order valence-corrected chi connectivity index (χ0v) is 17.7. The first-order chi connectivity index (χ1) is 14.7. The molecule has 2 aromatic carbocycles. The predicted molar refractivity (Wildman–Crippen MR) is 119 cm³/mol. The van der Waals surface area contributed by atoms with Crippen LogP contribution in [-0.4, -0.2) is 35.0 Å². The van der Waals surface area contributed by atoms with Crippen molar-refractivity contribution < 1.29 is 9.53 Å². The van der Waals surface area contributed by atoms with E-state index in [1.807, 2.05) is 24.3 Å². The molecule has 4 nitrogen and oxygen atoms in total. The highest BCUT2D eigenvalue weighted by atomic mass is 35.5. The second-order valence-corrected chi connectivity index (χ2v) is 8.75. The normalized spacial score (nSPS) is 18.1. The zero-order chi connectivity index (χ0) is 20.5. The highest BCUT2D eigenvalue weighted by molar-refractivity contribution is 6.29. The first kappa shape index (κ1) is 19.5. The standard InChI is InChI=1S/C25H25ClN2O2/c26-24-11-10-17(14-27-24)12-18-13-22-23(29)15-28(19-6-2-1-3-7-19)16-30-25(22)21-9-5-4-8-20(18)21/h4-5,8-11,13-14,19H,1-3,6-7,12,15-16H2. The minimum absolute atomic E-state index is 0.148. The molecule has 0 radical (unpaired) electrons. The molecule has 5 rings (SSSR count). The third-order valence-electron chi connectivity index (χ3n) is 6.38. The maximum atomic E-state index is 13.3. The monoisotopic (exact) mass is 420 g/mol. The van der Waals surface area contributed by atoms with Crippen LogP contribution in [0.5, 0.6) is 5.75 Å². The van der Waals surface area contributed by atoms with E-state index in [2.05, 4.69) is 22.0 Å². The van der Waals surface area contributed by atoms with Gasteiger partial charge in [0.25, 0.3) is 0 Å². The molecule has 3 aromatic rings. The first-order valence-corrected chi connectivity index (χ1v) is 11.1. The molecule has 5 heteroatoms. The Morgan fingerprint density at radius 1 is 1.07 bits per heavy atom. The summed E-state index contributed by atoms with van der Waals surface area (Å²) < 4.78 is 6.29. The Labute approximate surface area is 181 Å². The number of fused-ring (bicyclic) bond motifs is 3. The van der Waals surface area contributed by atoms with Crippen molar-refractivity contribution in [2.75, 3.05) is 13.3 Å². The lowest BCUT2D eigenvalue weighted by atomic mass is 9.93. The number of carbonyl (C=O) groups is 1. The molecule has 0 N–H and O–H groups in total. The summed E-state index contributed by atoms with van der Waals surface area (Å²) in [6, 6.07) is 14.5. The molecule has 1 aliphatic carbocycles. The summed E-state index contributed by atoms with van der Waals surface area (Å²) in [4.78, 5) is 19.7. The van der Waals surface area contributed by atoms with E-state index >= 15 is 0 Å². The average molecular weight is 421 g/mol. The molecule has 0 amide bonds. The minimum atomic E-state index is 0.148. The molecule has 0 bridgehead atoms. The molecule has 0 unspecified atom stereocenters. The highest BCUT2D eigenvalue weighted by Gasteiger charge is 2.29. The second kappa shape index (κ2) is 8.37. The maximum absolute atomic E-state index is 13.3. The summed E-state index contributed by atoms with van der Waals surface area (Å²) in [6.07, 6.45) is 8.58. The molecule has 2 heterocycles. The van der Waals surface area contributed by atoms with E-state index < -0.39 is 0 Å². The molecular weight excluding hydrogens is 396 g/mol. The van der Waals surface area contributed by atoms with Crippen molar-refractivity contribution in [1.82, 2.24) is 9.88 Å². The number of benzene rings is 2. The number of Topliss-reactive ketones (excluding diaryl/α,β-unsaturated/α-hetero) is 1. The number of pyridine rings is 1. The second-order valence-electron chi connectivity index (χ2n) is 8.36. The quantitative estimate of drug-likeness (QED) is 0.514. The number of hydrogen-bond acceptors (Lipinski definition) is 4. The van der Waals surface area contributed by atoms with Gasteiger partial charge in [0.05, 0.1) is 12.1 Å². The van der Waals surface area contributed by atoms with E-state index in [1.54, 1.807) is 12.3 Å². The van der Waals surface area contributed by atoms with Crippen LogP contribution in [0, 0.1) is 0 Å². The summed E-state index contributed by atoms with van der Waals surface area (Å²) in [5.74, 6) is 0.876. The van der Waals surface area contributed by atoms with Crippen molar-refractivity contribution in [2.24, 2.45) is 0 Å². The first-order valence-electron chi connectivity index (χ1n) is 10.7. The lowest BCUT2D eigenvalue weighted by Crippen LogP contribution is -2.41. The molecule has 0 saturated heterocycles. The molecule has 154 valence electrons. The van der Waals surface area contributed by atoms with Crippen molar-refractivity contribution in [3.8, 4) is 5.75 Å². The molecular formula is C25H25ClN2O2. The number of ether oxygens (including phenoxy) is 1. The van der Waals surface area contributed by atoms with Gasteiger partial charge in [0.15, 0.2) is 5.78 Å². The number of hydrogen-bond donors (Lipinski definition) is 0. The van der Waals surface area contributed by atoms with Crippen LogP contribution in [0.3, 0.4) is 0 Å². The van der Waals surface area contributed by atoms with E-state index in [9.17, 15) is 4.79 Å². The molecule has 30 heavy (non-hydrogen) atoms.